The summed E-state index contributed by atoms with van der Waals surface area (Å²) < 4.78 is 0. The normalized spacial score (nSPS) is 21.9. The number of hydrogen-bond donors (Lipinski definition) is 1. The Morgan fingerprint density at radius 2 is 2.00 bits per heavy atom. The van der Waals surface area contributed by atoms with Crippen LogP contribution < -0.4 is 5.73 Å². The first-order chi connectivity index (χ1) is 9.78. The Balaban J connectivity index is 1.61. The lowest BCUT2D eigenvalue weighted by Gasteiger charge is -2.40. The number of benzene rings is 1. The molecule has 110 valence electrons. The molecule has 0 unspecified atom stereocenters. The third kappa shape index (κ3) is 2.84. The van der Waals surface area contributed by atoms with Gasteiger partial charge in [-0.3, -0.25) is 4.90 Å². The second-order valence-electron chi connectivity index (χ2n) is 6.28. The van der Waals surface area contributed by atoms with Gasteiger partial charge in [0.2, 0.25) is 0 Å². The molecule has 2 N–H and O–H groups in total. The molecular formula is C17H27N3. The number of likely N-dealkylation sites (tertiary alicyclic amines) is 1. The number of nitrogen functional groups attached to an aromatic ring is 1. The largest absolute Gasteiger partial charge is 0.398 e. The Kier molecular flexibility index (Phi) is 4.27. The summed E-state index contributed by atoms with van der Waals surface area (Å²) in [5.41, 5.74) is 9.92. The standard InChI is InChI=1S/C17H27N3/c1-2-9-19-10-6-15(7-11-19)20-12-8-16-14(13-20)4-3-5-17(16)18/h3-5,15H,2,6-13,18H2,1H3. The Morgan fingerprint density at radius 3 is 2.75 bits per heavy atom. The molecule has 0 amide bonds. The van der Waals surface area contributed by atoms with Crippen molar-refractivity contribution in [3.63, 3.8) is 0 Å². The maximum atomic E-state index is 6.09. The van der Waals surface area contributed by atoms with Crippen LogP contribution >= 0.6 is 0 Å². The molecule has 0 aromatic heterocycles. The number of rotatable bonds is 3. The molecular weight excluding hydrogens is 246 g/mol. The first-order valence-electron chi connectivity index (χ1n) is 8.10. The summed E-state index contributed by atoms with van der Waals surface area (Å²) >= 11 is 0. The minimum atomic E-state index is 0.776. The van der Waals surface area contributed by atoms with Gasteiger partial charge in [0.15, 0.2) is 0 Å². The van der Waals surface area contributed by atoms with Crippen molar-refractivity contribution in [2.45, 2.75) is 45.2 Å². The van der Waals surface area contributed by atoms with E-state index < -0.39 is 0 Å². The van der Waals surface area contributed by atoms with Crippen LogP contribution in [0.2, 0.25) is 0 Å². The molecule has 1 aromatic carbocycles. The van der Waals surface area contributed by atoms with Gasteiger partial charge in [-0.25, -0.2) is 0 Å². The highest BCUT2D eigenvalue weighted by Gasteiger charge is 2.27. The van der Waals surface area contributed by atoms with Gasteiger partial charge < -0.3 is 10.6 Å². The highest BCUT2D eigenvalue weighted by Crippen LogP contribution is 2.27. The molecule has 2 aliphatic rings. The minimum Gasteiger partial charge on any atom is -0.398 e. The molecule has 0 atom stereocenters. The smallest absolute Gasteiger partial charge is 0.0350 e. The summed E-state index contributed by atoms with van der Waals surface area (Å²) in [5, 5.41) is 0. The van der Waals surface area contributed by atoms with Gasteiger partial charge in [-0.1, -0.05) is 19.1 Å². The van der Waals surface area contributed by atoms with Crippen LogP contribution in [0.15, 0.2) is 18.2 Å². The molecule has 0 saturated carbocycles. The van der Waals surface area contributed by atoms with Crippen molar-refractivity contribution in [1.29, 1.82) is 0 Å². The Hall–Kier alpha value is -1.06. The molecule has 0 aliphatic carbocycles. The van der Waals surface area contributed by atoms with Crippen LogP contribution in [-0.4, -0.2) is 42.0 Å². The second kappa shape index (κ2) is 6.15. The van der Waals surface area contributed by atoms with Crippen molar-refractivity contribution in [1.82, 2.24) is 9.80 Å². The highest BCUT2D eigenvalue weighted by atomic mass is 15.2. The number of anilines is 1. The van der Waals surface area contributed by atoms with E-state index >= 15 is 0 Å². The number of hydrogen-bond acceptors (Lipinski definition) is 3. The van der Waals surface area contributed by atoms with E-state index in [2.05, 4.69) is 28.9 Å². The maximum absolute atomic E-state index is 6.09. The molecule has 2 heterocycles. The first kappa shape index (κ1) is 13.9. The van der Waals surface area contributed by atoms with E-state index in [1.54, 1.807) is 0 Å². The first-order valence-corrected chi connectivity index (χ1v) is 8.10. The average Bonchev–Trinajstić information content (AvgIpc) is 2.48. The van der Waals surface area contributed by atoms with Crippen molar-refractivity contribution < 1.29 is 0 Å². The molecule has 2 aliphatic heterocycles. The lowest BCUT2D eigenvalue weighted by molar-refractivity contribution is 0.0983. The van der Waals surface area contributed by atoms with Crippen molar-refractivity contribution in [2.24, 2.45) is 0 Å². The van der Waals surface area contributed by atoms with Crippen LogP contribution in [0.4, 0.5) is 5.69 Å². The lowest BCUT2D eigenvalue weighted by Crippen LogP contribution is -2.46. The van der Waals surface area contributed by atoms with Crippen molar-refractivity contribution >= 4 is 5.69 Å². The third-order valence-corrected chi connectivity index (χ3v) is 4.95. The quantitative estimate of drug-likeness (QED) is 0.859. The van der Waals surface area contributed by atoms with Crippen LogP contribution in [0.1, 0.15) is 37.3 Å². The van der Waals surface area contributed by atoms with E-state index in [4.69, 9.17) is 5.73 Å². The van der Waals surface area contributed by atoms with Gasteiger partial charge in [0, 0.05) is 24.8 Å². The summed E-state index contributed by atoms with van der Waals surface area (Å²) in [6.45, 7) is 8.38. The fourth-order valence-corrected chi connectivity index (χ4v) is 3.80. The Bertz CT molecular complexity index is 450. The van der Waals surface area contributed by atoms with E-state index in [1.807, 2.05) is 6.07 Å². The Morgan fingerprint density at radius 1 is 1.20 bits per heavy atom. The summed E-state index contributed by atoms with van der Waals surface area (Å²) in [5.74, 6) is 0. The van der Waals surface area contributed by atoms with Gasteiger partial charge in [-0.15, -0.1) is 0 Å². The maximum Gasteiger partial charge on any atom is 0.0350 e. The molecule has 0 bridgehead atoms. The molecule has 3 heteroatoms. The lowest BCUT2D eigenvalue weighted by atomic mass is 9.94. The fraction of sp³-hybridized carbons (Fsp3) is 0.647. The van der Waals surface area contributed by atoms with Gasteiger partial charge >= 0.3 is 0 Å². The zero-order valence-corrected chi connectivity index (χ0v) is 12.6. The molecule has 1 saturated heterocycles. The molecule has 0 radical (unpaired) electrons. The van der Waals surface area contributed by atoms with Gasteiger partial charge in [0.05, 0.1) is 0 Å². The summed E-state index contributed by atoms with van der Waals surface area (Å²) in [7, 11) is 0. The molecule has 0 spiro atoms. The van der Waals surface area contributed by atoms with Crippen LogP contribution in [0.5, 0.6) is 0 Å². The van der Waals surface area contributed by atoms with E-state index in [1.165, 1.54) is 56.6 Å². The molecule has 1 fully saturated rings. The summed E-state index contributed by atoms with van der Waals surface area (Å²) in [4.78, 5) is 5.30. The van der Waals surface area contributed by atoms with Gasteiger partial charge in [-0.05, 0) is 62.5 Å². The predicted octanol–water partition coefficient (Wildman–Crippen LogP) is 2.50. The molecule has 20 heavy (non-hydrogen) atoms. The minimum absolute atomic E-state index is 0.776. The van der Waals surface area contributed by atoms with Crippen LogP contribution in [0.25, 0.3) is 0 Å². The van der Waals surface area contributed by atoms with Gasteiger partial charge in [-0.2, -0.15) is 0 Å². The number of fused-ring (bicyclic) bond motifs is 1. The van der Waals surface area contributed by atoms with E-state index in [0.29, 0.717) is 0 Å². The van der Waals surface area contributed by atoms with Crippen LogP contribution in [-0.2, 0) is 13.0 Å². The fourth-order valence-electron chi connectivity index (χ4n) is 3.80. The topological polar surface area (TPSA) is 32.5 Å². The summed E-state index contributed by atoms with van der Waals surface area (Å²) in [6.07, 6.45) is 5.06. The number of nitrogens with zero attached hydrogens (tertiary/aromatic N) is 2. The zero-order valence-electron chi connectivity index (χ0n) is 12.6. The van der Waals surface area contributed by atoms with Crippen molar-refractivity contribution in [2.75, 3.05) is 31.9 Å². The Labute approximate surface area is 122 Å². The van der Waals surface area contributed by atoms with E-state index in [-0.39, 0.29) is 0 Å². The molecule has 3 rings (SSSR count). The number of nitrogens with two attached hydrogens (primary N) is 1. The average molecular weight is 273 g/mol. The van der Waals surface area contributed by atoms with Crippen LogP contribution in [0.3, 0.4) is 0 Å². The van der Waals surface area contributed by atoms with Gasteiger partial charge in [0.1, 0.15) is 0 Å². The van der Waals surface area contributed by atoms with Crippen LogP contribution in [0, 0.1) is 0 Å². The van der Waals surface area contributed by atoms with E-state index in [0.717, 1.165) is 24.7 Å². The summed E-state index contributed by atoms with van der Waals surface area (Å²) in [6, 6.07) is 7.17. The van der Waals surface area contributed by atoms with E-state index in [9.17, 15) is 0 Å². The molecule has 1 aromatic rings. The number of piperidine rings is 1. The zero-order chi connectivity index (χ0) is 13.9. The predicted molar refractivity (Wildman–Crippen MR) is 84.7 cm³/mol. The second-order valence-corrected chi connectivity index (χ2v) is 6.28. The van der Waals surface area contributed by atoms with Gasteiger partial charge in [0.25, 0.3) is 0 Å². The monoisotopic (exact) mass is 273 g/mol. The molecule has 3 nitrogen and oxygen atoms in total. The van der Waals surface area contributed by atoms with Crippen molar-refractivity contribution in [3.8, 4) is 0 Å². The third-order valence-electron chi connectivity index (χ3n) is 4.95. The highest BCUT2D eigenvalue weighted by molar-refractivity contribution is 5.51. The SMILES string of the molecule is CCCN1CCC(N2CCc3c(N)cccc3C2)CC1. The van der Waals surface area contributed by atoms with Crippen molar-refractivity contribution in [3.05, 3.63) is 29.3 Å².